The van der Waals surface area contributed by atoms with E-state index in [9.17, 15) is 9.59 Å². The van der Waals surface area contributed by atoms with Crippen molar-refractivity contribution in [1.82, 2.24) is 9.55 Å². The summed E-state index contributed by atoms with van der Waals surface area (Å²) in [6.45, 7) is 4.30. The van der Waals surface area contributed by atoms with Crippen LogP contribution >= 0.6 is 0 Å². The maximum Gasteiger partial charge on any atom is 1.00 e. The molecule has 1 N–H and O–H groups in total. The minimum atomic E-state index is -0.486. The Morgan fingerprint density at radius 1 is 1.40 bits per heavy atom. The SMILES string of the molecule is CCOCn1[c-]c(CC)c(=O)[nH]c1=O.[Li+]. The van der Waals surface area contributed by atoms with E-state index in [4.69, 9.17) is 4.74 Å². The molecule has 15 heavy (non-hydrogen) atoms. The number of hydrogen-bond donors (Lipinski definition) is 1. The van der Waals surface area contributed by atoms with Crippen LogP contribution in [-0.2, 0) is 17.9 Å². The van der Waals surface area contributed by atoms with E-state index < -0.39 is 5.69 Å². The first-order valence-electron chi connectivity index (χ1n) is 4.52. The van der Waals surface area contributed by atoms with E-state index in [0.717, 1.165) is 0 Å². The second-order valence-electron chi connectivity index (χ2n) is 2.75. The van der Waals surface area contributed by atoms with Gasteiger partial charge in [0.2, 0.25) is 5.69 Å². The van der Waals surface area contributed by atoms with Gasteiger partial charge in [-0.05, 0) is 13.3 Å². The van der Waals surface area contributed by atoms with Crippen LogP contribution in [0.3, 0.4) is 0 Å². The number of H-pyrrole nitrogens is 1. The van der Waals surface area contributed by atoms with Crippen molar-refractivity contribution < 1.29 is 23.6 Å². The van der Waals surface area contributed by atoms with Gasteiger partial charge in [-0.15, -0.1) is 0 Å². The summed E-state index contributed by atoms with van der Waals surface area (Å²) in [5.41, 5.74) is -0.393. The molecule has 0 aromatic carbocycles. The van der Waals surface area contributed by atoms with Gasteiger partial charge in [-0.1, -0.05) is 18.7 Å². The molecule has 0 bridgehead atoms. The molecule has 0 radical (unpaired) electrons. The molecule has 0 atom stereocenters. The third-order valence-corrected chi connectivity index (χ3v) is 1.79. The van der Waals surface area contributed by atoms with E-state index in [1.54, 1.807) is 0 Å². The second-order valence-corrected chi connectivity index (χ2v) is 2.75. The molecule has 78 valence electrons. The standard InChI is InChI=1S/C9H13N2O3.Li/c1-3-7-5-11(6-14-4-2)9(13)10-8(7)12;/h3-4,6H2,1-2H3,(H,10,12,13);/q-1;+1. The van der Waals surface area contributed by atoms with Gasteiger partial charge in [0.25, 0.3) is 0 Å². The van der Waals surface area contributed by atoms with E-state index >= 15 is 0 Å². The maximum atomic E-state index is 11.2. The van der Waals surface area contributed by atoms with Gasteiger partial charge in [-0.2, -0.15) is 0 Å². The molecule has 0 saturated carbocycles. The third-order valence-electron chi connectivity index (χ3n) is 1.79. The third kappa shape index (κ3) is 3.71. The molecule has 0 spiro atoms. The van der Waals surface area contributed by atoms with Crippen LogP contribution in [0.2, 0.25) is 0 Å². The second kappa shape index (κ2) is 6.67. The van der Waals surface area contributed by atoms with E-state index in [-0.39, 0.29) is 31.2 Å². The Hall–Kier alpha value is -0.763. The van der Waals surface area contributed by atoms with Crippen molar-refractivity contribution in [3.05, 3.63) is 32.6 Å². The van der Waals surface area contributed by atoms with Crippen molar-refractivity contribution in [2.24, 2.45) is 0 Å². The van der Waals surface area contributed by atoms with Crippen molar-refractivity contribution in [3.8, 4) is 0 Å². The van der Waals surface area contributed by atoms with Crippen molar-refractivity contribution in [2.45, 2.75) is 27.0 Å². The predicted molar refractivity (Wildman–Crippen MR) is 51.2 cm³/mol. The van der Waals surface area contributed by atoms with Gasteiger partial charge in [0.15, 0.2) is 0 Å². The van der Waals surface area contributed by atoms with Gasteiger partial charge in [0, 0.05) is 6.61 Å². The summed E-state index contributed by atoms with van der Waals surface area (Å²) >= 11 is 0. The zero-order valence-corrected chi connectivity index (χ0v) is 9.29. The topological polar surface area (TPSA) is 64.1 Å². The summed E-state index contributed by atoms with van der Waals surface area (Å²) in [4.78, 5) is 24.6. The molecule has 5 nitrogen and oxygen atoms in total. The molecular formula is C9H13LiN2O3. The molecule has 0 aliphatic heterocycles. The maximum absolute atomic E-state index is 11.2. The van der Waals surface area contributed by atoms with E-state index in [2.05, 4.69) is 11.2 Å². The van der Waals surface area contributed by atoms with Gasteiger partial charge >= 0.3 is 18.9 Å². The Balaban J connectivity index is 0.00000196. The summed E-state index contributed by atoms with van der Waals surface area (Å²) in [7, 11) is 0. The molecule has 1 aromatic heterocycles. The molecule has 0 unspecified atom stereocenters. The molecule has 0 saturated heterocycles. The Morgan fingerprint density at radius 2 is 2.07 bits per heavy atom. The predicted octanol–water partition coefficient (Wildman–Crippen LogP) is -3.10. The Bertz CT molecular complexity index is 411. The first kappa shape index (κ1) is 14.2. The van der Waals surface area contributed by atoms with E-state index in [1.807, 2.05) is 13.8 Å². The molecule has 6 heteroatoms. The number of aromatic amines is 1. The monoisotopic (exact) mass is 204 g/mol. The van der Waals surface area contributed by atoms with Crippen LogP contribution in [0.25, 0.3) is 0 Å². The number of aromatic nitrogens is 2. The fourth-order valence-corrected chi connectivity index (χ4v) is 1.02. The quantitative estimate of drug-likeness (QED) is 0.417. The molecule has 1 rings (SSSR count). The zero-order chi connectivity index (χ0) is 10.6. The van der Waals surface area contributed by atoms with Crippen LogP contribution in [0.15, 0.2) is 9.59 Å². The molecule has 0 fully saturated rings. The van der Waals surface area contributed by atoms with Crippen LogP contribution in [0.4, 0.5) is 0 Å². The van der Waals surface area contributed by atoms with Crippen molar-refractivity contribution in [3.63, 3.8) is 0 Å². The number of hydrogen-bond acceptors (Lipinski definition) is 3. The Morgan fingerprint density at radius 3 is 2.60 bits per heavy atom. The first-order valence-corrected chi connectivity index (χ1v) is 4.52. The van der Waals surface area contributed by atoms with Gasteiger partial charge in [0.05, 0.1) is 0 Å². The Kier molecular flexibility index (Phi) is 6.33. The molecular weight excluding hydrogens is 191 g/mol. The molecule has 1 heterocycles. The van der Waals surface area contributed by atoms with Gasteiger partial charge in [-0.25, -0.2) is 0 Å². The van der Waals surface area contributed by atoms with Crippen LogP contribution < -0.4 is 30.1 Å². The van der Waals surface area contributed by atoms with Gasteiger partial charge < -0.3 is 23.9 Å². The van der Waals surface area contributed by atoms with Crippen LogP contribution in [0.5, 0.6) is 0 Å². The summed E-state index contributed by atoms with van der Waals surface area (Å²) in [6, 6.07) is 0. The summed E-state index contributed by atoms with van der Waals surface area (Å²) in [5.74, 6) is 0. The molecule has 0 amide bonds. The van der Waals surface area contributed by atoms with Crippen molar-refractivity contribution >= 4 is 0 Å². The van der Waals surface area contributed by atoms with E-state index in [1.165, 1.54) is 4.57 Å². The van der Waals surface area contributed by atoms with Crippen LogP contribution in [-0.4, -0.2) is 16.2 Å². The summed E-state index contributed by atoms with van der Waals surface area (Å²) in [6.07, 6.45) is 3.24. The number of nitrogens with one attached hydrogen (secondary N) is 1. The molecule has 0 aliphatic rings. The largest absolute Gasteiger partial charge is 1.00 e. The number of aryl methyl sites for hydroxylation is 1. The minimum absolute atomic E-state index is 0. The zero-order valence-electron chi connectivity index (χ0n) is 9.29. The van der Waals surface area contributed by atoms with Gasteiger partial charge in [-0.3, -0.25) is 0 Å². The average Bonchev–Trinajstić information content (AvgIpc) is 2.17. The molecule has 1 aromatic rings. The van der Waals surface area contributed by atoms with Crippen LogP contribution in [0, 0.1) is 6.20 Å². The van der Waals surface area contributed by atoms with Gasteiger partial charge in [0.1, 0.15) is 12.3 Å². The minimum Gasteiger partial charge on any atom is -0.388 e. The molecule has 0 aliphatic carbocycles. The fourth-order valence-electron chi connectivity index (χ4n) is 1.02. The average molecular weight is 204 g/mol. The first-order chi connectivity index (χ1) is 6.69. The van der Waals surface area contributed by atoms with Crippen molar-refractivity contribution in [1.29, 1.82) is 0 Å². The number of nitrogens with zero attached hydrogens (tertiary/aromatic N) is 1. The Labute approximate surface area is 99.6 Å². The normalized spacial score (nSPS) is 9.73. The number of rotatable bonds is 4. The summed E-state index contributed by atoms with van der Waals surface area (Å²) in [5, 5.41) is 0. The smallest absolute Gasteiger partial charge is 0.388 e. The van der Waals surface area contributed by atoms with Crippen LogP contribution in [0.1, 0.15) is 19.4 Å². The van der Waals surface area contributed by atoms with Crippen molar-refractivity contribution in [2.75, 3.05) is 6.61 Å². The fraction of sp³-hybridized carbons (Fsp3) is 0.556. The van der Waals surface area contributed by atoms with E-state index in [0.29, 0.717) is 18.6 Å². The number of ether oxygens (including phenoxy) is 1. The summed E-state index contributed by atoms with van der Waals surface area (Å²) < 4.78 is 6.28.